The molecular weight excluding hydrogens is 875 g/mol. The average molecular weight is 921 g/mol. The monoisotopic (exact) mass is 920 g/mol. The Morgan fingerprint density at radius 3 is 1.09 bits per heavy atom. The predicted octanol–water partition coefficient (Wildman–Crippen LogP) is 18.3. The zero-order chi connectivity index (χ0) is 45.7. The number of fused-ring (bicyclic) bond motifs is 16. The van der Waals surface area contributed by atoms with Gasteiger partial charge in [-0.3, -0.25) is 0 Å². The number of hydrogen-bond acceptors (Lipinski definition) is 2. The molecule has 0 aromatic heterocycles. The topological polar surface area (TPSA) is 18.5 Å². The van der Waals surface area contributed by atoms with Crippen LogP contribution in [-0.4, -0.2) is 0 Å². The van der Waals surface area contributed by atoms with E-state index in [4.69, 9.17) is 9.05 Å². The van der Waals surface area contributed by atoms with Crippen LogP contribution >= 0.6 is 16.3 Å². The molecule has 0 fully saturated rings. The highest BCUT2D eigenvalue weighted by Gasteiger charge is 2.33. The summed E-state index contributed by atoms with van der Waals surface area (Å²) in [5.41, 5.74) is 13.8. The van der Waals surface area contributed by atoms with E-state index in [1.165, 1.54) is 103 Å². The maximum absolute atomic E-state index is 7.87. The highest BCUT2D eigenvalue weighted by Crippen LogP contribution is 2.60. The van der Waals surface area contributed by atoms with Gasteiger partial charge in [-0.1, -0.05) is 188 Å². The zero-order valence-electron chi connectivity index (χ0n) is 38.5. The molecule has 0 aliphatic carbocycles. The van der Waals surface area contributed by atoms with Gasteiger partial charge in [-0.15, -0.1) is 0 Å². The lowest BCUT2D eigenvalue weighted by Crippen LogP contribution is -2.17. The molecule has 328 valence electrons. The van der Waals surface area contributed by atoms with Gasteiger partial charge in [0.25, 0.3) is 0 Å². The zero-order valence-corrected chi connectivity index (χ0v) is 40.3. The molecule has 12 aromatic carbocycles. The molecule has 0 saturated heterocycles. The van der Waals surface area contributed by atoms with E-state index in [2.05, 4.69) is 220 Å². The minimum absolute atomic E-state index is 0.817. The summed E-state index contributed by atoms with van der Waals surface area (Å²) in [6, 6.07) is 76.6. The molecule has 0 spiro atoms. The fraction of sp³-hybridized carbons (Fsp3) is 0.0769. The summed E-state index contributed by atoms with van der Waals surface area (Å²) < 4.78 is 15.7. The summed E-state index contributed by atoms with van der Waals surface area (Å²) in [5.74, 6) is 1.89. The van der Waals surface area contributed by atoms with Crippen LogP contribution in [0.15, 0.2) is 206 Å². The molecule has 0 amide bonds. The maximum Gasteiger partial charge on any atom is 0.135 e. The molecule has 0 unspecified atom stereocenters. The van der Waals surface area contributed by atoms with Crippen LogP contribution in [0.25, 0.3) is 98.0 Å². The predicted molar refractivity (Wildman–Crippen MR) is 296 cm³/mol. The van der Waals surface area contributed by atoms with Crippen LogP contribution in [0.5, 0.6) is 11.5 Å². The van der Waals surface area contributed by atoms with Gasteiger partial charge in [0, 0.05) is 40.5 Å². The van der Waals surface area contributed by atoms with E-state index in [1.807, 2.05) is 0 Å². The summed E-state index contributed by atoms with van der Waals surface area (Å²) in [4.78, 5) is 0. The van der Waals surface area contributed by atoms with Crippen molar-refractivity contribution in [2.24, 2.45) is 0 Å². The van der Waals surface area contributed by atoms with E-state index < -0.39 is 16.3 Å². The molecule has 0 N–H and O–H groups in total. The molecule has 1 atom stereocenters. The van der Waals surface area contributed by atoms with Gasteiger partial charge >= 0.3 is 0 Å². The second-order valence-corrected chi connectivity index (χ2v) is 22.4. The van der Waals surface area contributed by atoms with E-state index in [9.17, 15) is 0 Å². The summed E-state index contributed by atoms with van der Waals surface area (Å²) in [7, 11) is -2.21. The number of rotatable bonds is 5. The van der Waals surface area contributed by atoms with Crippen molar-refractivity contribution in [3.8, 4) is 44.9 Å². The Hall–Kier alpha value is -7.34. The molecule has 2 nitrogen and oxygen atoms in total. The van der Waals surface area contributed by atoms with Gasteiger partial charge < -0.3 is 9.05 Å². The first-order chi connectivity index (χ1) is 34.0. The SMILES string of the molecule is Cc1cc2ccccc2c(-c2c(O[P@@]3Cc4ccc5ccccc5c4-c4c3ccc3ccccc43)c(C)cc3ccccc23)c1OP1Cc2ccc3ccccc3c2-c2c(ccc3ccccc23)C1. The lowest BCUT2D eigenvalue weighted by Gasteiger charge is -2.32. The van der Waals surface area contributed by atoms with Crippen molar-refractivity contribution in [2.75, 3.05) is 0 Å². The van der Waals surface area contributed by atoms with Gasteiger partial charge in [0.1, 0.15) is 19.6 Å². The van der Waals surface area contributed by atoms with E-state index in [0.717, 1.165) is 57.6 Å². The summed E-state index contributed by atoms with van der Waals surface area (Å²) in [6.07, 6.45) is 2.50. The standard InChI is InChI=1S/C65H46O2P2/c1-40-35-46-19-7-13-25-55(46)62(64(40)66-68-37-48-30-27-42-15-3-9-21-51(42)58(48)59-49(38-68)31-28-43-16-4-10-22-52(43)59)63-56-26-14-8-20-47(56)36-41(2)65(63)67-69-39-50-32-29-44-17-5-11-23-53(44)60(50)61-54-24-12-6-18-45(54)33-34-57(61)69/h3-36H,37-39H2,1-2H3/t69-/m0/s1. The van der Waals surface area contributed by atoms with Crippen LogP contribution < -0.4 is 14.4 Å². The van der Waals surface area contributed by atoms with E-state index in [1.54, 1.807) is 0 Å². The first kappa shape index (κ1) is 40.7. The van der Waals surface area contributed by atoms with Crippen LogP contribution in [0, 0.1) is 13.8 Å². The van der Waals surface area contributed by atoms with Crippen LogP contribution in [0.2, 0.25) is 0 Å². The Morgan fingerprint density at radius 1 is 0.304 bits per heavy atom. The lowest BCUT2D eigenvalue weighted by molar-refractivity contribution is 0.603. The van der Waals surface area contributed by atoms with Gasteiger partial charge in [0.05, 0.1) is 8.15 Å². The fourth-order valence-electron chi connectivity index (χ4n) is 11.7. The average Bonchev–Trinajstić information content (AvgIpc) is 3.56. The van der Waals surface area contributed by atoms with Crippen molar-refractivity contribution < 1.29 is 9.05 Å². The van der Waals surface area contributed by atoms with Crippen molar-refractivity contribution in [3.63, 3.8) is 0 Å². The Morgan fingerprint density at radius 2 is 0.638 bits per heavy atom. The minimum atomic E-state index is -1.16. The van der Waals surface area contributed by atoms with Crippen LogP contribution in [-0.2, 0) is 18.5 Å². The Kier molecular flexibility index (Phi) is 9.52. The third-order valence-electron chi connectivity index (χ3n) is 14.8. The quantitative estimate of drug-likeness (QED) is 0.160. The Balaban J connectivity index is 0.976. The summed E-state index contributed by atoms with van der Waals surface area (Å²) in [6.45, 7) is 4.48. The Bertz CT molecular complexity index is 4030. The number of hydrogen-bond donors (Lipinski definition) is 0. The van der Waals surface area contributed by atoms with Gasteiger partial charge in [-0.05, 0) is 141 Å². The van der Waals surface area contributed by atoms with Gasteiger partial charge in [-0.2, -0.15) is 0 Å². The molecule has 4 heteroatoms. The molecule has 2 heterocycles. The molecule has 0 bridgehead atoms. The van der Waals surface area contributed by atoms with Gasteiger partial charge in [-0.25, -0.2) is 0 Å². The molecule has 12 aromatic rings. The highest BCUT2D eigenvalue weighted by atomic mass is 31.1. The van der Waals surface area contributed by atoms with Crippen LogP contribution in [0.3, 0.4) is 0 Å². The van der Waals surface area contributed by atoms with Crippen molar-refractivity contribution in [3.05, 3.63) is 234 Å². The molecular formula is C65H46O2P2. The van der Waals surface area contributed by atoms with Crippen LogP contribution in [0.1, 0.15) is 27.8 Å². The van der Waals surface area contributed by atoms with E-state index in [0.29, 0.717) is 0 Å². The third-order valence-corrected chi connectivity index (χ3v) is 18.5. The first-order valence-corrected chi connectivity index (χ1v) is 27.1. The van der Waals surface area contributed by atoms with Crippen LogP contribution in [0.4, 0.5) is 0 Å². The Labute approximate surface area is 404 Å². The van der Waals surface area contributed by atoms with Crippen molar-refractivity contribution in [2.45, 2.75) is 32.3 Å². The third kappa shape index (κ3) is 6.54. The second kappa shape index (κ2) is 16.1. The first-order valence-electron chi connectivity index (χ1n) is 24.0. The van der Waals surface area contributed by atoms with E-state index >= 15 is 0 Å². The largest absolute Gasteiger partial charge is 0.472 e. The maximum atomic E-state index is 7.87. The second-order valence-electron chi connectivity index (χ2n) is 18.9. The molecule has 0 radical (unpaired) electrons. The number of benzene rings is 12. The van der Waals surface area contributed by atoms with Crippen molar-refractivity contribution in [1.29, 1.82) is 0 Å². The smallest absolute Gasteiger partial charge is 0.135 e. The molecule has 2 aliphatic rings. The summed E-state index contributed by atoms with van der Waals surface area (Å²) >= 11 is 0. The minimum Gasteiger partial charge on any atom is -0.472 e. The van der Waals surface area contributed by atoms with Crippen molar-refractivity contribution in [1.82, 2.24) is 0 Å². The normalized spacial score (nSPS) is 14.4. The number of aryl methyl sites for hydroxylation is 2. The summed E-state index contributed by atoms with van der Waals surface area (Å²) in [5, 5.41) is 16.2. The van der Waals surface area contributed by atoms with E-state index in [-0.39, 0.29) is 0 Å². The highest BCUT2D eigenvalue weighted by molar-refractivity contribution is 7.61. The van der Waals surface area contributed by atoms with Gasteiger partial charge in [0.15, 0.2) is 0 Å². The lowest BCUT2D eigenvalue weighted by atomic mass is 9.88. The molecule has 0 saturated carbocycles. The molecule has 2 aliphatic heterocycles. The molecule has 14 rings (SSSR count). The van der Waals surface area contributed by atoms with Gasteiger partial charge in [0.2, 0.25) is 0 Å². The fourth-order valence-corrected chi connectivity index (χ4v) is 15.8. The van der Waals surface area contributed by atoms with Crippen molar-refractivity contribution >= 4 is 86.2 Å². The molecule has 69 heavy (non-hydrogen) atoms.